The van der Waals surface area contributed by atoms with Crippen LogP contribution in [0.5, 0.6) is 5.75 Å². The number of carbonyl (C=O) groups excluding carboxylic acids is 5. The summed E-state index contributed by atoms with van der Waals surface area (Å²) >= 11 is 6.12. The zero-order valence-electron chi connectivity index (χ0n) is 33.8. The van der Waals surface area contributed by atoms with Crippen molar-refractivity contribution in [3.63, 3.8) is 0 Å². The first-order chi connectivity index (χ1) is 28.4. The van der Waals surface area contributed by atoms with Gasteiger partial charge in [-0.05, 0) is 67.7 Å². The Labute approximate surface area is 350 Å². The average molecular weight is 831 g/mol. The van der Waals surface area contributed by atoms with Gasteiger partial charge < -0.3 is 45.9 Å². The molecule has 3 aliphatic rings. The summed E-state index contributed by atoms with van der Waals surface area (Å²) < 4.78 is 6.02. The number of amides is 4. The topological polar surface area (TPSA) is 211 Å². The largest absolute Gasteiger partial charge is 0.490 e. The van der Waals surface area contributed by atoms with Gasteiger partial charge in [-0.15, -0.1) is 0 Å². The second-order valence-corrected chi connectivity index (χ2v) is 15.5. The standard InChI is InChI=1S/C42H55ClN10O6/c1-47-40(56)37(4-3-23-54)49(2)41(57)35-8-6-32(24-31(35)28-55)51-21-19-50(20-22-51)27-29-11-15-52(16-12-29)39(46)10-9-38(45)48-42(58)53-17-13-33(14-18-53)59-34-7-5-30(26-44)36(43)25-34/h5-10,23-25,28-29,33,37H,3-4,11-22,27,45-46H2,1-2H3,(H,47,56)(H,48,58)/b38-9+,39-10+. The Morgan fingerprint density at radius 2 is 1.66 bits per heavy atom. The molecule has 17 heteroatoms. The van der Waals surface area contributed by atoms with Gasteiger partial charge in [0.1, 0.15) is 36.1 Å². The molecule has 0 aromatic heterocycles. The molecule has 4 amide bonds. The first-order valence-electron chi connectivity index (χ1n) is 20.0. The highest BCUT2D eigenvalue weighted by Gasteiger charge is 2.29. The molecule has 59 heavy (non-hydrogen) atoms. The van der Waals surface area contributed by atoms with Crippen LogP contribution < -0.4 is 31.7 Å². The summed E-state index contributed by atoms with van der Waals surface area (Å²) in [4.78, 5) is 71.5. The van der Waals surface area contributed by atoms with Gasteiger partial charge in [-0.3, -0.25) is 24.6 Å². The van der Waals surface area contributed by atoms with Gasteiger partial charge in [-0.2, -0.15) is 5.26 Å². The summed E-state index contributed by atoms with van der Waals surface area (Å²) in [6, 6.07) is 11.1. The number of piperidine rings is 2. The Bertz CT molecular complexity index is 1930. The van der Waals surface area contributed by atoms with E-state index in [1.165, 1.54) is 19.0 Å². The van der Waals surface area contributed by atoms with Crippen LogP contribution in [0.15, 0.2) is 60.2 Å². The molecule has 1 unspecified atom stereocenters. The third-order valence-corrected chi connectivity index (χ3v) is 11.6. The summed E-state index contributed by atoms with van der Waals surface area (Å²) in [6.45, 7) is 6.89. The lowest BCUT2D eigenvalue weighted by atomic mass is 9.96. The van der Waals surface area contributed by atoms with Gasteiger partial charge in [0.2, 0.25) is 5.91 Å². The third-order valence-electron chi connectivity index (χ3n) is 11.3. The Balaban J connectivity index is 1.02. The number of nitriles is 1. The maximum Gasteiger partial charge on any atom is 0.322 e. The van der Waals surface area contributed by atoms with Gasteiger partial charge in [0.05, 0.1) is 22.0 Å². The van der Waals surface area contributed by atoms with Crippen molar-refractivity contribution in [3.8, 4) is 11.8 Å². The van der Waals surface area contributed by atoms with Crippen LogP contribution in [0, 0.1) is 17.2 Å². The fourth-order valence-corrected chi connectivity index (χ4v) is 7.96. The maximum atomic E-state index is 13.4. The molecule has 0 bridgehead atoms. The molecule has 5 rings (SSSR count). The van der Waals surface area contributed by atoms with Crippen molar-refractivity contribution in [2.24, 2.45) is 17.4 Å². The van der Waals surface area contributed by atoms with Gasteiger partial charge in [-0.25, -0.2) is 4.79 Å². The van der Waals surface area contributed by atoms with E-state index in [4.69, 9.17) is 33.1 Å². The molecule has 0 aliphatic carbocycles. The SMILES string of the molecule is CNC(=O)C(CCC=O)N(C)C(=O)c1ccc(N2CCN(CC3CCN(/C(N)=C/C=C(\N)NC(=O)N4CCC(Oc5ccc(C#N)c(Cl)c5)CC4)CC3)CC2)cc1C=O. The number of urea groups is 1. The number of halogens is 1. The number of hydrogen-bond acceptors (Lipinski definition) is 12. The van der Waals surface area contributed by atoms with Crippen molar-refractivity contribution in [2.45, 2.75) is 50.7 Å². The quantitative estimate of drug-likeness (QED) is 0.151. The maximum absolute atomic E-state index is 13.4. The summed E-state index contributed by atoms with van der Waals surface area (Å²) in [5.74, 6) is 1.08. The van der Waals surface area contributed by atoms with Crippen LogP contribution in [0.1, 0.15) is 64.8 Å². The van der Waals surface area contributed by atoms with E-state index in [-0.39, 0.29) is 47.8 Å². The van der Waals surface area contributed by atoms with Crippen molar-refractivity contribution in [2.75, 3.05) is 77.9 Å². The minimum absolute atomic E-state index is 0.0735. The Morgan fingerprint density at radius 1 is 0.966 bits per heavy atom. The van der Waals surface area contributed by atoms with Crippen molar-refractivity contribution in [1.29, 1.82) is 5.26 Å². The minimum Gasteiger partial charge on any atom is -0.490 e. The molecular formula is C42H55ClN10O6. The number of nitrogens with one attached hydrogen (secondary N) is 2. The number of nitrogens with zero attached hydrogens (tertiary/aromatic N) is 6. The molecule has 0 radical (unpaired) electrons. The lowest BCUT2D eigenvalue weighted by Gasteiger charge is -2.40. The second kappa shape index (κ2) is 21.3. The molecule has 3 aliphatic heterocycles. The Kier molecular flexibility index (Phi) is 16.0. The van der Waals surface area contributed by atoms with E-state index >= 15 is 0 Å². The number of rotatable bonds is 15. The van der Waals surface area contributed by atoms with Crippen LogP contribution in [0.2, 0.25) is 5.02 Å². The average Bonchev–Trinajstić information content (AvgIpc) is 3.25. The van der Waals surface area contributed by atoms with Crippen LogP contribution in [-0.4, -0.2) is 135 Å². The van der Waals surface area contributed by atoms with E-state index in [1.54, 1.807) is 47.4 Å². The number of piperazine rings is 1. The monoisotopic (exact) mass is 830 g/mol. The Morgan fingerprint density at radius 3 is 2.29 bits per heavy atom. The lowest BCUT2D eigenvalue weighted by Crippen LogP contribution is -2.49. The highest BCUT2D eigenvalue weighted by molar-refractivity contribution is 6.31. The van der Waals surface area contributed by atoms with Gasteiger partial charge in [0, 0.05) is 110 Å². The molecule has 3 heterocycles. The Hall–Kier alpha value is -5.79. The number of allylic oxidation sites excluding steroid dienone is 2. The van der Waals surface area contributed by atoms with E-state index in [0.717, 1.165) is 64.3 Å². The molecule has 3 fully saturated rings. The highest BCUT2D eigenvalue weighted by atomic mass is 35.5. The van der Waals surface area contributed by atoms with Crippen LogP contribution in [-0.2, 0) is 9.59 Å². The molecule has 1 atom stereocenters. The van der Waals surface area contributed by atoms with Crippen LogP contribution in [0.25, 0.3) is 0 Å². The van der Waals surface area contributed by atoms with Crippen molar-refractivity contribution in [3.05, 3.63) is 81.9 Å². The van der Waals surface area contributed by atoms with Gasteiger partial charge in [0.15, 0.2) is 6.29 Å². The van der Waals surface area contributed by atoms with Gasteiger partial charge >= 0.3 is 6.03 Å². The fraction of sp³-hybridized carbons (Fsp3) is 0.476. The van der Waals surface area contributed by atoms with E-state index < -0.39 is 11.9 Å². The molecule has 0 spiro atoms. The molecular weight excluding hydrogens is 776 g/mol. The summed E-state index contributed by atoms with van der Waals surface area (Å²) in [7, 11) is 2.98. The number of benzene rings is 2. The van der Waals surface area contributed by atoms with E-state index in [0.29, 0.717) is 66.6 Å². The molecule has 316 valence electrons. The van der Waals surface area contributed by atoms with Crippen LogP contribution >= 0.6 is 11.6 Å². The number of hydrogen-bond donors (Lipinski definition) is 4. The molecule has 0 saturated carbocycles. The predicted octanol–water partition coefficient (Wildman–Crippen LogP) is 2.88. The highest BCUT2D eigenvalue weighted by Crippen LogP contribution is 2.27. The zero-order chi connectivity index (χ0) is 42.5. The number of ether oxygens (including phenoxy) is 1. The van der Waals surface area contributed by atoms with Gasteiger partial charge in [-0.1, -0.05) is 11.6 Å². The van der Waals surface area contributed by atoms with E-state index in [9.17, 15) is 24.0 Å². The number of nitrogens with two attached hydrogens (primary N) is 2. The molecule has 2 aromatic rings. The predicted molar refractivity (Wildman–Crippen MR) is 224 cm³/mol. The first kappa shape index (κ1) is 44.3. The minimum atomic E-state index is -0.832. The second-order valence-electron chi connectivity index (χ2n) is 15.1. The van der Waals surface area contributed by atoms with E-state index in [1.807, 2.05) is 12.1 Å². The van der Waals surface area contributed by atoms with Crippen molar-refractivity contribution >= 4 is 47.7 Å². The summed E-state index contributed by atoms with van der Waals surface area (Å²) in [5.41, 5.74) is 14.3. The number of likely N-dealkylation sites (tertiary alicyclic amines) is 2. The van der Waals surface area contributed by atoms with Crippen LogP contribution in [0.3, 0.4) is 0 Å². The lowest BCUT2D eigenvalue weighted by molar-refractivity contribution is -0.125. The molecule has 16 nitrogen and oxygen atoms in total. The number of carbonyl (C=O) groups is 5. The molecule has 2 aromatic carbocycles. The normalized spacial score (nSPS) is 17.8. The summed E-state index contributed by atoms with van der Waals surface area (Å²) in [6.07, 6.45) is 8.24. The molecule has 6 N–H and O–H groups in total. The van der Waals surface area contributed by atoms with Crippen molar-refractivity contribution in [1.82, 2.24) is 30.2 Å². The smallest absolute Gasteiger partial charge is 0.322 e. The number of anilines is 1. The summed E-state index contributed by atoms with van der Waals surface area (Å²) in [5, 5.41) is 14.7. The van der Waals surface area contributed by atoms with Crippen molar-refractivity contribution < 1.29 is 28.7 Å². The first-order valence-corrected chi connectivity index (χ1v) is 20.4. The molecule has 3 saturated heterocycles. The van der Waals surface area contributed by atoms with Crippen LogP contribution in [0.4, 0.5) is 10.5 Å². The number of aldehydes is 2. The third kappa shape index (κ3) is 11.9. The van der Waals surface area contributed by atoms with E-state index in [2.05, 4.69) is 25.3 Å². The number of likely N-dealkylation sites (N-methyl/N-ethyl adjacent to an activating group) is 2. The van der Waals surface area contributed by atoms with Gasteiger partial charge in [0.25, 0.3) is 5.91 Å². The zero-order valence-corrected chi connectivity index (χ0v) is 34.5. The fourth-order valence-electron chi connectivity index (χ4n) is 7.75.